The maximum absolute atomic E-state index is 10.8. The van der Waals surface area contributed by atoms with Crippen molar-refractivity contribution in [3.8, 4) is 0 Å². The van der Waals surface area contributed by atoms with Gasteiger partial charge < -0.3 is 10.5 Å². The van der Waals surface area contributed by atoms with Gasteiger partial charge in [-0.1, -0.05) is 11.6 Å². The monoisotopic (exact) mass is 200 g/mol. The molecular formula is C8H9ClN2O2. The zero-order valence-electron chi connectivity index (χ0n) is 7.00. The number of amides is 1. The van der Waals surface area contributed by atoms with Crippen LogP contribution in [0.5, 0.6) is 0 Å². The van der Waals surface area contributed by atoms with Gasteiger partial charge in [-0.05, 0) is 18.2 Å². The number of nitrogens with two attached hydrogens (primary N) is 1. The Kier molecular flexibility index (Phi) is 2.97. The third-order valence-corrected chi connectivity index (χ3v) is 1.76. The van der Waals surface area contributed by atoms with Gasteiger partial charge in [-0.2, -0.15) is 0 Å². The number of carbonyl (C=O) groups is 1. The van der Waals surface area contributed by atoms with Crippen LogP contribution in [0.2, 0.25) is 5.02 Å². The molecule has 0 atom stereocenters. The minimum atomic E-state index is -0.541. The van der Waals surface area contributed by atoms with Crippen LogP contribution < -0.4 is 11.1 Å². The number of anilines is 2. The highest BCUT2D eigenvalue weighted by atomic mass is 35.5. The molecule has 0 aliphatic carbocycles. The Labute approximate surface area is 80.6 Å². The van der Waals surface area contributed by atoms with E-state index in [0.717, 1.165) is 0 Å². The number of hydrogen-bond acceptors (Lipinski definition) is 3. The molecule has 0 bridgehead atoms. The van der Waals surface area contributed by atoms with Crippen molar-refractivity contribution < 1.29 is 9.53 Å². The third-order valence-electron chi connectivity index (χ3n) is 1.43. The number of nitrogens with one attached hydrogen (secondary N) is 1. The molecule has 4 nitrogen and oxygen atoms in total. The molecule has 0 saturated carbocycles. The smallest absolute Gasteiger partial charge is 0.411 e. The third kappa shape index (κ3) is 2.52. The molecule has 0 saturated heterocycles. The van der Waals surface area contributed by atoms with Crippen LogP contribution in [0.3, 0.4) is 0 Å². The van der Waals surface area contributed by atoms with Crippen LogP contribution >= 0.6 is 11.6 Å². The minimum Gasteiger partial charge on any atom is -0.453 e. The predicted octanol–water partition coefficient (Wildman–Crippen LogP) is 2.10. The molecule has 1 rings (SSSR count). The summed E-state index contributed by atoms with van der Waals surface area (Å²) in [6.45, 7) is 0. The second-order valence-corrected chi connectivity index (χ2v) is 2.76. The van der Waals surface area contributed by atoms with Crippen LogP contribution in [0.1, 0.15) is 0 Å². The summed E-state index contributed by atoms with van der Waals surface area (Å²) in [5.41, 5.74) is 6.49. The summed E-state index contributed by atoms with van der Waals surface area (Å²) >= 11 is 5.72. The maximum Gasteiger partial charge on any atom is 0.411 e. The standard InChI is InChI=1S/C8H9ClN2O2/c1-13-8(12)11-5-2-3-7(10)6(9)4-5/h2-4H,10H2,1H3,(H,11,12). The highest BCUT2D eigenvalue weighted by molar-refractivity contribution is 6.33. The fraction of sp³-hybridized carbons (Fsp3) is 0.125. The minimum absolute atomic E-state index is 0.397. The van der Waals surface area contributed by atoms with Crippen LogP contribution in [0, 0.1) is 0 Å². The van der Waals surface area contributed by atoms with E-state index in [1.165, 1.54) is 7.11 Å². The maximum atomic E-state index is 10.8. The highest BCUT2D eigenvalue weighted by Crippen LogP contribution is 2.22. The fourth-order valence-electron chi connectivity index (χ4n) is 0.774. The SMILES string of the molecule is COC(=O)Nc1ccc(N)c(Cl)c1. The second-order valence-electron chi connectivity index (χ2n) is 2.35. The number of nitrogen functional groups attached to an aromatic ring is 1. The van der Waals surface area contributed by atoms with Gasteiger partial charge >= 0.3 is 6.09 Å². The lowest BCUT2D eigenvalue weighted by Crippen LogP contribution is -2.10. The lowest BCUT2D eigenvalue weighted by atomic mass is 10.3. The van der Waals surface area contributed by atoms with E-state index in [1.54, 1.807) is 18.2 Å². The molecule has 0 aliphatic rings. The molecule has 0 fully saturated rings. The van der Waals surface area contributed by atoms with Gasteiger partial charge in [0, 0.05) is 5.69 Å². The molecule has 0 aliphatic heterocycles. The molecule has 0 heterocycles. The quantitative estimate of drug-likeness (QED) is 0.683. The van der Waals surface area contributed by atoms with E-state index < -0.39 is 6.09 Å². The van der Waals surface area contributed by atoms with Gasteiger partial charge in [-0.15, -0.1) is 0 Å². The van der Waals surface area contributed by atoms with Crippen molar-refractivity contribution in [3.05, 3.63) is 23.2 Å². The van der Waals surface area contributed by atoms with E-state index in [-0.39, 0.29) is 0 Å². The lowest BCUT2D eigenvalue weighted by Gasteiger charge is -2.04. The Balaban J connectivity index is 2.79. The first-order valence-electron chi connectivity index (χ1n) is 3.53. The normalized spacial score (nSPS) is 9.38. The summed E-state index contributed by atoms with van der Waals surface area (Å²) in [4.78, 5) is 10.8. The molecule has 1 amide bonds. The number of rotatable bonds is 1. The van der Waals surface area contributed by atoms with Crippen molar-refractivity contribution in [2.45, 2.75) is 0 Å². The average molecular weight is 201 g/mol. The summed E-state index contributed by atoms with van der Waals surface area (Å²) in [5.74, 6) is 0. The largest absolute Gasteiger partial charge is 0.453 e. The number of carbonyl (C=O) groups excluding carboxylic acids is 1. The summed E-state index contributed by atoms with van der Waals surface area (Å²) in [6, 6.07) is 4.79. The Hall–Kier alpha value is -1.42. The van der Waals surface area contributed by atoms with Crippen molar-refractivity contribution >= 4 is 29.1 Å². The molecule has 70 valence electrons. The molecule has 3 N–H and O–H groups in total. The van der Waals surface area contributed by atoms with Crippen LogP contribution in [-0.4, -0.2) is 13.2 Å². The first-order chi connectivity index (χ1) is 6.13. The van der Waals surface area contributed by atoms with E-state index in [4.69, 9.17) is 17.3 Å². The Morgan fingerprint density at radius 2 is 2.31 bits per heavy atom. The van der Waals surface area contributed by atoms with Crippen molar-refractivity contribution in [2.24, 2.45) is 0 Å². The molecule has 5 heteroatoms. The first kappa shape index (κ1) is 9.67. The summed E-state index contributed by atoms with van der Waals surface area (Å²) in [7, 11) is 1.29. The van der Waals surface area contributed by atoms with E-state index in [0.29, 0.717) is 16.4 Å². The number of ether oxygens (including phenoxy) is 1. The zero-order valence-corrected chi connectivity index (χ0v) is 7.76. The van der Waals surface area contributed by atoms with Gasteiger partial charge in [0.25, 0.3) is 0 Å². The molecule has 0 unspecified atom stereocenters. The van der Waals surface area contributed by atoms with Crippen LogP contribution in [0.4, 0.5) is 16.2 Å². The van der Waals surface area contributed by atoms with Crippen molar-refractivity contribution in [1.82, 2.24) is 0 Å². The topological polar surface area (TPSA) is 64.3 Å². The lowest BCUT2D eigenvalue weighted by molar-refractivity contribution is 0.187. The first-order valence-corrected chi connectivity index (χ1v) is 3.91. The van der Waals surface area contributed by atoms with Crippen molar-refractivity contribution in [3.63, 3.8) is 0 Å². The summed E-state index contributed by atoms with van der Waals surface area (Å²) < 4.78 is 4.40. The highest BCUT2D eigenvalue weighted by Gasteiger charge is 2.02. The van der Waals surface area contributed by atoms with Crippen LogP contribution in [0.15, 0.2) is 18.2 Å². The second kappa shape index (κ2) is 4.00. The van der Waals surface area contributed by atoms with Gasteiger partial charge in [-0.3, -0.25) is 5.32 Å². The number of hydrogen-bond donors (Lipinski definition) is 2. The van der Waals surface area contributed by atoms with E-state index in [2.05, 4.69) is 10.1 Å². The number of methoxy groups -OCH3 is 1. The molecule has 1 aromatic rings. The predicted molar refractivity (Wildman–Crippen MR) is 51.9 cm³/mol. The van der Waals surface area contributed by atoms with Crippen molar-refractivity contribution in [2.75, 3.05) is 18.2 Å². The molecular weight excluding hydrogens is 192 g/mol. The summed E-state index contributed by atoms with van der Waals surface area (Å²) in [6.07, 6.45) is -0.541. The van der Waals surface area contributed by atoms with Crippen LogP contribution in [-0.2, 0) is 4.74 Å². The molecule has 1 aromatic carbocycles. The zero-order chi connectivity index (χ0) is 9.84. The summed E-state index contributed by atoms with van der Waals surface area (Å²) in [5, 5.41) is 2.86. The van der Waals surface area contributed by atoms with E-state index in [9.17, 15) is 4.79 Å². The molecule has 0 aromatic heterocycles. The van der Waals surface area contributed by atoms with Gasteiger partial charge in [0.15, 0.2) is 0 Å². The Morgan fingerprint density at radius 3 is 2.85 bits per heavy atom. The van der Waals surface area contributed by atoms with Crippen molar-refractivity contribution in [1.29, 1.82) is 0 Å². The van der Waals surface area contributed by atoms with Gasteiger partial charge in [0.1, 0.15) is 0 Å². The Bertz CT molecular complexity index is 328. The Morgan fingerprint density at radius 1 is 1.62 bits per heavy atom. The number of benzene rings is 1. The van der Waals surface area contributed by atoms with Gasteiger partial charge in [-0.25, -0.2) is 4.79 Å². The molecule has 0 radical (unpaired) electrons. The molecule has 13 heavy (non-hydrogen) atoms. The van der Waals surface area contributed by atoms with Crippen LogP contribution in [0.25, 0.3) is 0 Å². The van der Waals surface area contributed by atoms with Gasteiger partial charge in [0.05, 0.1) is 17.8 Å². The van der Waals surface area contributed by atoms with E-state index >= 15 is 0 Å². The van der Waals surface area contributed by atoms with Gasteiger partial charge in [0.2, 0.25) is 0 Å². The number of halogens is 1. The molecule has 0 spiro atoms. The van der Waals surface area contributed by atoms with E-state index in [1.807, 2.05) is 0 Å². The fourth-order valence-corrected chi connectivity index (χ4v) is 0.954. The average Bonchev–Trinajstić information content (AvgIpc) is 2.11.